The fourth-order valence-corrected chi connectivity index (χ4v) is 15.0. The summed E-state index contributed by atoms with van der Waals surface area (Å²) in [5.41, 5.74) is 0. The molecule has 0 saturated carbocycles. The molecule has 0 rings (SSSR count). The number of carbonyl (C=O) groups excluding carboxylic acids is 7. The predicted octanol–water partition coefficient (Wildman–Crippen LogP) is 29.5. The zero-order valence-corrected chi connectivity index (χ0v) is 77.6. The van der Waals surface area contributed by atoms with Gasteiger partial charge in [-0.15, -0.1) is 0 Å². The Morgan fingerprint density at radius 1 is 0.224 bits per heavy atom. The number of hydrogen-bond acceptors (Lipinski definition) is 15. The van der Waals surface area contributed by atoms with Crippen LogP contribution in [0.5, 0.6) is 0 Å². The molecule has 116 heavy (non-hydrogen) atoms. The molecular weight excluding hydrogens is 1480 g/mol. The highest BCUT2D eigenvalue weighted by atomic mass is 35.5. The lowest BCUT2D eigenvalue weighted by Gasteiger charge is -2.20. The molecule has 17 heteroatoms. The molecule has 0 aromatic rings. The third-order valence-corrected chi connectivity index (χ3v) is 23.2. The summed E-state index contributed by atoms with van der Waals surface area (Å²) in [6, 6.07) is -0.101. The molecule has 4 unspecified atom stereocenters. The smallest absolute Gasteiger partial charge is 0.309 e. The quantitative estimate of drug-likeness (QED) is 0.0259. The van der Waals surface area contributed by atoms with E-state index >= 15 is 0 Å². The predicted molar refractivity (Wildman–Crippen MR) is 480 cm³/mol. The Bertz CT molecular complexity index is 2120. The molecule has 1 N–H and O–H groups in total. The van der Waals surface area contributed by atoms with E-state index in [1.165, 1.54) is 257 Å². The lowest BCUT2D eigenvalue weighted by molar-refractivity contribution is -0.169. The Kier molecular flexibility index (Phi) is 88.8. The van der Waals surface area contributed by atoms with Crippen LogP contribution >= 0.6 is 11.6 Å². The van der Waals surface area contributed by atoms with Crippen molar-refractivity contribution in [1.82, 2.24) is 0 Å². The van der Waals surface area contributed by atoms with E-state index < -0.39 is 18.2 Å². The molecular formula is C99H185ClO16. The zero-order valence-electron chi connectivity index (χ0n) is 76.9. The molecule has 0 saturated heterocycles. The van der Waals surface area contributed by atoms with Gasteiger partial charge in [0.15, 0.2) is 18.3 Å². The number of aliphatic carboxylic acids is 1. The van der Waals surface area contributed by atoms with Crippen molar-refractivity contribution < 1.29 is 76.6 Å². The second kappa shape index (κ2) is 90.3. The van der Waals surface area contributed by atoms with E-state index in [-0.39, 0.29) is 98.0 Å². The van der Waals surface area contributed by atoms with Gasteiger partial charge in [-0.2, -0.15) is 0 Å². The molecule has 684 valence electrons. The molecule has 16 nitrogen and oxygen atoms in total. The summed E-state index contributed by atoms with van der Waals surface area (Å²) in [6.45, 7) is 15.9. The highest BCUT2D eigenvalue weighted by molar-refractivity contribution is 6.17. The van der Waals surface area contributed by atoms with Crippen molar-refractivity contribution in [2.45, 2.75) is 530 Å². The molecule has 0 amide bonds. The Balaban J connectivity index is 0. The van der Waals surface area contributed by atoms with Gasteiger partial charge in [0, 0.05) is 25.7 Å². The summed E-state index contributed by atoms with van der Waals surface area (Å²) in [5.74, 6) is -3.94. The molecule has 0 aliphatic heterocycles. The van der Waals surface area contributed by atoms with Gasteiger partial charge < -0.3 is 38.3 Å². The largest absolute Gasteiger partial charge is 0.481 e. The standard InChI is InChI=1S/C50H93ClO8.C49H92O8/c1-5-7-9-11-13-15-17-19-21-23-25-31-35-39-47(52)56-41-46(42-57-48(53)40-36-32-26-24-22-20-18-16-14-12-10-8-6-2)59-50(55)45(4)38-34-30-28-27-29-33-37-44(3)49(54)58-43-51;1-5-7-9-11-13-15-17-19-21-23-25-31-35-39-46(50)55-41-45(57-49(54)44(4)38-34-30-28-27-29-33-37-43(3)48(52)53)42-56-47(51)40-36-32-26-24-22-20-18-16-14-12-10-8-6-2/h44-46H,5-43H2,1-4H3;43-45H,5-42H2,1-4H3,(H,52,53). The highest BCUT2D eigenvalue weighted by Gasteiger charge is 2.26. The average Bonchev–Trinajstić information content (AvgIpc) is 0.927. The Hall–Kier alpha value is -3.95. The minimum Gasteiger partial charge on any atom is -0.481 e. The minimum atomic E-state index is -0.820. The van der Waals surface area contributed by atoms with Gasteiger partial charge in [0.2, 0.25) is 0 Å². The van der Waals surface area contributed by atoms with E-state index in [0.717, 1.165) is 161 Å². The molecule has 0 spiro atoms. The van der Waals surface area contributed by atoms with Gasteiger partial charge >= 0.3 is 47.8 Å². The zero-order chi connectivity index (χ0) is 85.5. The van der Waals surface area contributed by atoms with Crippen LogP contribution in [0, 0.1) is 23.7 Å². The first kappa shape index (κ1) is 114. The molecule has 0 aromatic heterocycles. The van der Waals surface area contributed by atoms with Crippen LogP contribution in [-0.2, 0) is 71.5 Å². The van der Waals surface area contributed by atoms with Crippen LogP contribution in [0.25, 0.3) is 0 Å². The van der Waals surface area contributed by atoms with Gasteiger partial charge in [0.25, 0.3) is 0 Å². The van der Waals surface area contributed by atoms with Crippen LogP contribution in [0.2, 0.25) is 0 Å². The van der Waals surface area contributed by atoms with E-state index in [2.05, 4.69) is 27.7 Å². The third kappa shape index (κ3) is 83.7. The Labute approximate surface area is 718 Å². The summed E-state index contributed by atoms with van der Waals surface area (Å²) in [6.07, 6.45) is 79.2. The number of carbonyl (C=O) groups is 8. The fourth-order valence-electron chi connectivity index (χ4n) is 14.9. The number of ether oxygens (including phenoxy) is 7. The fraction of sp³-hybridized carbons (Fsp3) is 0.919. The van der Waals surface area contributed by atoms with E-state index in [4.69, 9.17) is 49.9 Å². The second-order valence-corrected chi connectivity index (χ2v) is 35.0. The molecule has 0 radical (unpaired) electrons. The van der Waals surface area contributed by atoms with E-state index in [0.29, 0.717) is 44.9 Å². The van der Waals surface area contributed by atoms with Crippen molar-refractivity contribution in [3.05, 3.63) is 0 Å². The number of hydrogen-bond donors (Lipinski definition) is 1. The van der Waals surface area contributed by atoms with Gasteiger partial charge in [-0.05, 0) is 51.4 Å². The maximum Gasteiger partial charge on any atom is 0.309 e. The normalized spacial score (nSPS) is 12.4. The SMILES string of the molecule is CCCCCCCCCCCCCCCC(=O)OCC(COC(=O)CCCCCCCCCCCCCCC)OC(=O)C(C)CCCCCCCCC(C)C(=O)O.CCCCCCCCCCCCCCCC(=O)OCC(COC(=O)CCCCCCCCCCCCCCC)OC(=O)C(C)CCCCCCCCC(C)C(=O)OCCl. The second-order valence-electron chi connectivity index (χ2n) is 34.7. The number of unbranched alkanes of at least 4 members (excludes halogenated alkanes) is 58. The average molecular weight is 1670 g/mol. The molecule has 0 fully saturated rings. The monoisotopic (exact) mass is 1670 g/mol. The molecule has 4 atom stereocenters. The summed E-state index contributed by atoms with van der Waals surface area (Å²) < 4.78 is 38.6. The van der Waals surface area contributed by atoms with Crippen molar-refractivity contribution in [3.8, 4) is 0 Å². The van der Waals surface area contributed by atoms with Crippen molar-refractivity contribution in [1.29, 1.82) is 0 Å². The minimum absolute atomic E-state index is 0.101. The number of carboxylic acid groups (broad SMARTS) is 1. The molecule has 0 aliphatic rings. The van der Waals surface area contributed by atoms with Crippen molar-refractivity contribution in [2.24, 2.45) is 23.7 Å². The van der Waals surface area contributed by atoms with Gasteiger partial charge in [0.05, 0.1) is 23.7 Å². The number of carboxylic acids is 1. The van der Waals surface area contributed by atoms with Crippen molar-refractivity contribution in [2.75, 3.05) is 32.5 Å². The summed E-state index contributed by atoms with van der Waals surface area (Å²) in [5, 5.41) is 9.03. The third-order valence-electron chi connectivity index (χ3n) is 23.1. The lowest BCUT2D eigenvalue weighted by Crippen LogP contribution is -2.32. The number of alkyl halides is 1. The summed E-state index contributed by atoms with van der Waals surface area (Å²) >= 11 is 5.48. The first-order valence-electron chi connectivity index (χ1n) is 49.4. The molecule has 0 heterocycles. The number of halogens is 1. The van der Waals surface area contributed by atoms with Crippen LogP contribution in [0.3, 0.4) is 0 Å². The maximum atomic E-state index is 13.1. The van der Waals surface area contributed by atoms with Gasteiger partial charge in [-0.3, -0.25) is 38.4 Å². The maximum absolute atomic E-state index is 13.1. The lowest BCUT2D eigenvalue weighted by atomic mass is 10.00. The van der Waals surface area contributed by atoms with Crippen LogP contribution in [0.1, 0.15) is 518 Å². The van der Waals surface area contributed by atoms with Gasteiger partial charge in [-0.1, -0.05) is 452 Å². The van der Waals surface area contributed by atoms with E-state index in [1.807, 2.05) is 20.8 Å². The van der Waals surface area contributed by atoms with E-state index in [9.17, 15) is 38.4 Å². The van der Waals surface area contributed by atoms with Crippen LogP contribution in [0.4, 0.5) is 0 Å². The van der Waals surface area contributed by atoms with Crippen molar-refractivity contribution in [3.63, 3.8) is 0 Å². The van der Waals surface area contributed by atoms with Gasteiger partial charge in [0.1, 0.15) is 26.4 Å². The van der Waals surface area contributed by atoms with Gasteiger partial charge in [-0.25, -0.2) is 0 Å². The first-order valence-corrected chi connectivity index (χ1v) is 50.0. The Morgan fingerprint density at radius 3 is 0.569 bits per heavy atom. The topological polar surface area (TPSA) is 221 Å². The van der Waals surface area contributed by atoms with Crippen LogP contribution < -0.4 is 0 Å². The Morgan fingerprint density at radius 2 is 0.388 bits per heavy atom. The van der Waals surface area contributed by atoms with Crippen LogP contribution in [0.15, 0.2) is 0 Å². The number of esters is 7. The number of rotatable bonds is 89. The molecule has 0 aliphatic carbocycles. The van der Waals surface area contributed by atoms with Crippen LogP contribution in [-0.4, -0.2) is 97.6 Å². The highest BCUT2D eigenvalue weighted by Crippen LogP contribution is 2.23. The molecule has 0 bridgehead atoms. The molecule has 0 aromatic carbocycles. The summed E-state index contributed by atoms with van der Waals surface area (Å²) in [7, 11) is 0. The van der Waals surface area contributed by atoms with E-state index in [1.54, 1.807) is 6.92 Å². The summed E-state index contributed by atoms with van der Waals surface area (Å²) in [4.78, 5) is 99.2. The first-order chi connectivity index (χ1) is 56.4. The van der Waals surface area contributed by atoms with Crippen molar-refractivity contribution >= 4 is 59.4 Å².